The minimum atomic E-state index is 0.310. The zero-order valence-electron chi connectivity index (χ0n) is 11.8. The molecule has 0 unspecified atom stereocenters. The van der Waals surface area contributed by atoms with E-state index in [-0.39, 0.29) is 0 Å². The number of methoxy groups -OCH3 is 1. The molecule has 0 amide bonds. The maximum atomic E-state index is 5.86. The van der Waals surface area contributed by atoms with E-state index in [4.69, 9.17) is 15.5 Å². The van der Waals surface area contributed by atoms with Crippen LogP contribution in [0.4, 0.5) is 0 Å². The van der Waals surface area contributed by atoms with E-state index in [0.29, 0.717) is 12.0 Å². The van der Waals surface area contributed by atoms with Gasteiger partial charge < -0.3 is 10.5 Å². The molecule has 0 radical (unpaired) electrons. The van der Waals surface area contributed by atoms with Crippen molar-refractivity contribution in [1.82, 2.24) is 9.97 Å². The summed E-state index contributed by atoms with van der Waals surface area (Å²) in [5, 5.41) is 0. The zero-order chi connectivity index (χ0) is 14.1. The van der Waals surface area contributed by atoms with Crippen molar-refractivity contribution in [2.75, 3.05) is 7.11 Å². The van der Waals surface area contributed by atoms with Crippen molar-refractivity contribution in [2.24, 2.45) is 5.73 Å². The van der Waals surface area contributed by atoms with Crippen molar-refractivity contribution < 1.29 is 4.74 Å². The van der Waals surface area contributed by atoms with Gasteiger partial charge in [0.25, 0.3) is 0 Å². The largest absolute Gasteiger partial charge is 0.497 e. The van der Waals surface area contributed by atoms with Crippen LogP contribution in [0.25, 0.3) is 11.3 Å². The minimum absolute atomic E-state index is 0.310. The average Bonchev–Trinajstić information content (AvgIpc) is 2.43. The van der Waals surface area contributed by atoms with Gasteiger partial charge in [0.1, 0.15) is 11.6 Å². The van der Waals surface area contributed by atoms with E-state index in [1.54, 1.807) is 7.11 Å². The summed E-state index contributed by atoms with van der Waals surface area (Å²) in [7, 11) is 1.67. The summed E-state index contributed by atoms with van der Waals surface area (Å²) in [6, 6.07) is 10.3. The molecular weight excluding hydrogens is 250 g/mol. The van der Waals surface area contributed by atoms with Gasteiger partial charge >= 0.3 is 0 Å². The summed E-state index contributed by atoms with van der Waals surface area (Å²) < 4.78 is 5.27. The molecule has 104 valence electrons. The molecule has 1 fully saturated rings. The molecule has 0 bridgehead atoms. The summed E-state index contributed by atoms with van der Waals surface area (Å²) in [5.74, 6) is 2.17. The number of hydrogen-bond acceptors (Lipinski definition) is 4. The molecule has 2 aromatic rings. The Morgan fingerprint density at radius 1 is 1.20 bits per heavy atom. The fourth-order valence-corrected chi connectivity index (χ4v) is 2.58. The highest BCUT2D eigenvalue weighted by Gasteiger charge is 2.29. The quantitative estimate of drug-likeness (QED) is 0.930. The van der Waals surface area contributed by atoms with Crippen molar-refractivity contribution >= 4 is 0 Å². The molecule has 1 saturated carbocycles. The highest BCUT2D eigenvalue weighted by Crippen LogP contribution is 2.34. The second-order valence-corrected chi connectivity index (χ2v) is 5.41. The van der Waals surface area contributed by atoms with Crippen LogP contribution in [0.5, 0.6) is 5.75 Å². The molecule has 20 heavy (non-hydrogen) atoms. The molecule has 1 aliphatic carbocycles. The van der Waals surface area contributed by atoms with Crippen LogP contribution in [0.1, 0.15) is 30.3 Å². The van der Waals surface area contributed by atoms with Crippen LogP contribution >= 0.6 is 0 Å². The summed E-state index contributed by atoms with van der Waals surface area (Å²) >= 11 is 0. The van der Waals surface area contributed by atoms with Gasteiger partial charge in [-0.15, -0.1) is 0 Å². The number of aromatic nitrogens is 2. The van der Waals surface area contributed by atoms with Gasteiger partial charge in [-0.1, -0.05) is 12.1 Å². The number of hydrogen-bond donors (Lipinski definition) is 1. The van der Waals surface area contributed by atoms with Crippen molar-refractivity contribution in [1.29, 1.82) is 0 Å². The van der Waals surface area contributed by atoms with Gasteiger partial charge in [-0.05, 0) is 38.0 Å². The standard InChI is InChI=1S/C16H19N3O/c1-10-6-15(11-4-3-5-14(9-11)20-2)19-16(18-10)12-7-13(17)8-12/h3-6,9,12-13H,7-8,17H2,1-2H3. The molecule has 0 saturated heterocycles. The van der Waals surface area contributed by atoms with Crippen molar-refractivity contribution in [3.63, 3.8) is 0 Å². The highest BCUT2D eigenvalue weighted by molar-refractivity contribution is 5.61. The molecule has 4 heteroatoms. The maximum Gasteiger partial charge on any atom is 0.132 e. The third-order valence-electron chi connectivity index (χ3n) is 3.78. The lowest BCUT2D eigenvalue weighted by Gasteiger charge is -2.31. The van der Waals surface area contributed by atoms with Gasteiger partial charge in [0, 0.05) is 23.2 Å². The number of nitrogens with zero attached hydrogens (tertiary/aromatic N) is 2. The molecule has 3 rings (SSSR count). The Kier molecular flexibility index (Phi) is 3.40. The first-order valence-electron chi connectivity index (χ1n) is 6.91. The smallest absolute Gasteiger partial charge is 0.132 e. The van der Waals surface area contributed by atoms with Crippen molar-refractivity contribution in [3.05, 3.63) is 41.9 Å². The molecule has 0 spiro atoms. The van der Waals surface area contributed by atoms with Gasteiger partial charge in [0.05, 0.1) is 12.8 Å². The van der Waals surface area contributed by atoms with Crippen LogP contribution in [0.3, 0.4) is 0 Å². The van der Waals surface area contributed by atoms with Gasteiger partial charge in [-0.3, -0.25) is 0 Å². The van der Waals surface area contributed by atoms with E-state index in [9.17, 15) is 0 Å². The van der Waals surface area contributed by atoms with E-state index < -0.39 is 0 Å². The number of ether oxygens (including phenoxy) is 1. The first kappa shape index (κ1) is 13.1. The van der Waals surface area contributed by atoms with E-state index in [1.165, 1.54) is 0 Å². The summed E-state index contributed by atoms with van der Waals surface area (Å²) in [6.45, 7) is 2.01. The monoisotopic (exact) mass is 269 g/mol. The van der Waals surface area contributed by atoms with Crippen LogP contribution in [0, 0.1) is 6.92 Å². The van der Waals surface area contributed by atoms with E-state index in [0.717, 1.165) is 41.4 Å². The van der Waals surface area contributed by atoms with Crippen LogP contribution in [0.2, 0.25) is 0 Å². The molecule has 0 atom stereocenters. The minimum Gasteiger partial charge on any atom is -0.497 e. The average molecular weight is 269 g/mol. The first-order valence-corrected chi connectivity index (χ1v) is 6.91. The van der Waals surface area contributed by atoms with Gasteiger partial charge in [0.15, 0.2) is 0 Å². The lowest BCUT2D eigenvalue weighted by atomic mass is 9.80. The predicted octanol–water partition coefficient (Wildman–Crippen LogP) is 2.67. The fraction of sp³-hybridized carbons (Fsp3) is 0.375. The van der Waals surface area contributed by atoms with Crippen molar-refractivity contribution in [3.8, 4) is 17.0 Å². The SMILES string of the molecule is COc1cccc(-c2cc(C)nc(C3CC(N)C3)n2)c1. The van der Waals surface area contributed by atoms with E-state index >= 15 is 0 Å². The Balaban J connectivity index is 1.96. The molecular formula is C16H19N3O. The Morgan fingerprint density at radius 2 is 2.00 bits per heavy atom. The molecule has 1 heterocycles. The Morgan fingerprint density at radius 3 is 2.70 bits per heavy atom. The first-order chi connectivity index (χ1) is 9.65. The number of aryl methyl sites for hydroxylation is 1. The molecule has 1 aromatic carbocycles. The van der Waals surface area contributed by atoms with Gasteiger partial charge in [-0.25, -0.2) is 9.97 Å². The van der Waals surface area contributed by atoms with Crippen LogP contribution in [-0.2, 0) is 0 Å². The third kappa shape index (κ3) is 2.51. The Labute approximate surface area is 119 Å². The lowest BCUT2D eigenvalue weighted by Crippen LogP contribution is -2.35. The highest BCUT2D eigenvalue weighted by atomic mass is 16.5. The molecule has 1 aliphatic rings. The van der Waals surface area contributed by atoms with Crippen LogP contribution in [0.15, 0.2) is 30.3 Å². The van der Waals surface area contributed by atoms with E-state index in [1.807, 2.05) is 37.3 Å². The summed E-state index contributed by atoms with van der Waals surface area (Å²) in [4.78, 5) is 9.27. The Bertz CT molecular complexity index is 621. The number of nitrogens with two attached hydrogens (primary N) is 1. The third-order valence-corrected chi connectivity index (χ3v) is 3.78. The molecule has 4 nitrogen and oxygen atoms in total. The van der Waals surface area contributed by atoms with E-state index in [2.05, 4.69) is 4.98 Å². The molecule has 1 aromatic heterocycles. The normalized spacial score (nSPS) is 21.4. The number of benzene rings is 1. The predicted molar refractivity (Wildman–Crippen MR) is 78.7 cm³/mol. The second kappa shape index (κ2) is 5.21. The maximum absolute atomic E-state index is 5.86. The fourth-order valence-electron chi connectivity index (χ4n) is 2.58. The lowest BCUT2D eigenvalue weighted by molar-refractivity contribution is 0.338. The molecule has 2 N–H and O–H groups in total. The Hall–Kier alpha value is -1.94. The second-order valence-electron chi connectivity index (χ2n) is 5.41. The molecule has 0 aliphatic heterocycles. The zero-order valence-corrected chi connectivity index (χ0v) is 11.8. The van der Waals surface area contributed by atoms with Gasteiger partial charge in [-0.2, -0.15) is 0 Å². The number of rotatable bonds is 3. The van der Waals surface area contributed by atoms with Crippen molar-refractivity contribution in [2.45, 2.75) is 31.7 Å². The van der Waals surface area contributed by atoms with Gasteiger partial charge in [0.2, 0.25) is 0 Å². The summed E-state index contributed by atoms with van der Waals surface area (Å²) in [5.41, 5.74) is 8.86. The topological polar surface area (TPSA) is 61.0 Å². The summed E-state index contributed by atoms with van der Waals surface area (Å²) in [6.07, 6.45) is 1.97. The van der Waals surface area contributed by atoms with Crippen LogP contribution < -0.4 is 10.5 Å². The van der Waals surface area contributed by atoms with Crippen LogP contribution in [-0.4, -0.2) is 23.1 Å².